The maximum atomic E-state index is 9.55. The lowest BCUT2D eigenvalue weighted by atomic mass is 10.1. The number of benzene rings is 2. The number of fused-ring (bicyclic) bond motifs is 1. The second-order valence-corrected chi connectivity index (χ2v) is 7.46. The van der Waals surface area contributed by atoms with E-state index < -0.39 is 11.9 Å². The first kappa shape index (κ1) is 24.9. The topological polar surface area (TPSA) is 90.3 Å². The van der Waals surface area contributed by atoms with Crippen molar-refractivity contribution in [2.24, 2.45) is 0 Å². The van der Waals surface area contributed by atoms with Crippen molar-refractivity contribution in [1.82, 2.24) is 4.90 Å². The number of hydrogen-bond donors (Lipinski definition) is 2. The summed E-state index contributed by atoms with van der Waals surface area (Å²) in [6.45, 7) is 8.65. The van der Waals surface area contributed by atoms with Gasteiger partial charge in [-0.1, -0.05) is 44.2 Å². The predicted molar refractivity (Wildman–Crippen MR) is 126 cm³/mol. The van der Waals surface area contributed by atoms with Crippen molar-refractivity contribution in [1.29, 1.82) is 0 Å². The van der Waals surface area contributed by atoms with Gasteiger partial charge in [0.2, 0.25) is 0 Å². The van der Waals surface area contributed by atoms with Gasteiger partial charge in [-0.15, -0.1) is 0 Å². The first-order valence-electron chi connectivity index (χ1n) is 10.9. The highest BCUT2D eigenvalue weighted by atomic mass is 16.5. The average Bonchev–Trinajstić information content (AvgIpc) is 2.78. The van der Waals surface area contributed by atoms with Crippen LogP contribution < -0.4 is 9.64 Å². The van der Waals surface area contributed by atoms with Gasteiger partial charge in [0, 0.05) is 24.4 Å². The minimum Gasteiger partial charge on any atom is -0.485 e. The Morgan fingerprint density at radius 2 is 1.53 bits per heavy atom. The van der Waals surface area contributed by atoms with Crippen LogP contribution in [-0.4, -0.2) is 59.3 Å². The van der Waals surface area contributed by atoms with Crippen LogP contribution in [0.25, 0.3) is 0 Å². The Morgan fingerprint density at radius 3 is 2.09 bits per heavy atom. The number of aliphatic carboxylic acids is 2. The summed E-state index contributed by atoms with van der Waals surface area (Å²) in [5.41, 5.74) is 2.40. The molecule has 0 spiro atoms. The van der Waals surface area contributed by atoms with Gasteiger partial charge in [-0.2, -0.15) is 0 Å². The third-order valence-corrected chi connectivity index (χ3v) is 4.81. The minimum absolute atomic E-state index is 0.193. The Labute approximate surface area is 189 Å². The van der Waals surface area contributed by atoms with Gasteiger partial charge in [0.25, 0.3) is 0 Å². The van der Waals surface area contributed by atoms with Gasteiger partial charge in [0.15, 0.2) is 0 Å². The first-order valence-corrected chi connectivity index (χ1v) is 10.9. The van der Waals surface area contributed by atoms with Crippen molar-refractivity contribution < 1.29 is 24.5 Å². The molecule has 1 aliphatic rings. The average molecular weight is 441 g/mol. The molecule has 2 aromatic carbocycles. The molecule has 3 rings (SSSR count). The molecular formula is C25H32N2O5. The summed E-state index contributed by atoms with van der Waals surface area (Å²) in [6.07, 6.45) is 3.68. The van der Waals surface area contributed by atoms with E-state index in [1.165, 1.54) is 18.5 Å². The Morgan fingerprint density at radius 1 is 0.969 bits per heavy atom. The zero-order valence-corrected chi connectivity index (χ0v) is 18.7. The van der Waals surface area contributed by atoms with E-state index in [0.717, 1.165) is 37.6 Å². The fourth-order valence-electron chi connectivity index (χ4n) is 3.60. The molecule has 0 radical (unpaired) electrons. The van der Waals surface area contributed by atoms with Crippen molar-refractivity contribution in [2.75, 3.05) is 31.1 Å². The normalized spacial score (nSPS) is 15.0. The zero-order valence-electron chi connectivity index (χ0n) is 18.7. The number of carboxylic acids is 2. The molecular weight excluding hydrogens is 408 g/mol. The lowest BCUT2D eigenvalue weighted by Gasteiger charge is -2.38. The van der Waals surface area contributed by atoms with Crippen LogP contribution in [0.4, 0.5) is 11.4 Å². The van der Waals surface area contributed by atoms with E-state index in [0.29, 0.717) is 12.2 Å². The predicted octanol–water partition coefficient (Wildman–Crippen LogP) is 4.42. The van der Waals surface area contributed by atoms with E-state index in [-0.39, 0.29) is 6.10 Å². The summed E-state index contributed by atoms with van der Waals surface area (Å²) in [6, 6.07) is 19.0. The molecule has 1 heterocycles. The smallest absolute Gasteiger partial charge is 0.328 e. The molecule has 1 unspecified atom stereocenters. The van der Waals surface area contributed by atoms with Crippen LogP contribution in [0.5, 0.6) is 5.75 Å². The van der Waals surface area contributed by atoms with E-state index >= 15 is 0 Å². The number of carboxylic acid groups (broad SMARTS) is 2. The third kappa shape index (κ3) is 8.07. The molecule has 0 bridgehead atoms. The van der Waals surface area contributed by atoms with Gasteiger partial charge in [0.05, 0.1) is 12.2 Å². The second-order valence-electron chi connectivity index (χ2n) is 7.46. The lowest BCUT2D eigenvalue weighted by molar-refractivity contribution is -0.134. The van der Waals surface area contributed by atoms with E-state index in [1.807, 2.05) is 0 Å². The number of carbonyl (C=O) groups is 2. The van der Waals surface area contributed by atoms with Crippen LogP contribution in [0, 0.1) is 0 Å². The van der Waals surface area contributed by atoms with E-state index in [9.17, 15) is 9.59 Å². The van der Waals surface area contributed by atoms with Gasteiger partial charge in [-0.3, -0.25) is 4.90 Å². The molecule has 0 aromatic heterocycles. The van der Waals surface area contributed by atoms with Crippen molar-refractivity contribution in [3.63, 3.8) is 0 Å². The third-order valence-electron chi connectivity index (χ3n) is 4.81. The van der Waals surface area contributed by atoms with Crippen molar-refractivity contribution >= 4 is 23.3 Å². The number of anilines is 2. The number of ether oxygens (including phenoxy) is 1. The maximum Gasteiger partial charge on any atom is 0.328 e. The number of rotatable bonds is 9. The highest BCUT2D eigenvalue weighted by Gasteiger charge is 2.27. The zero-order chi connectivity index (χ0) is 23.3. The van der Waals surface area contributed by atoms with Crippen molar-refractivity contribution in [2.45, 2.75) is 32.8 Å². The molecule has 0 aliphatic carbocycles. The number of para-hydroxylation sites is 3. The summed E-state index contributed by atoms with van der Waals surface area (Å²) in [5.74, 6) is -1.52. The largest absolute Gasteiger partial charge is 0.485 e. The van der Waals surface area contributed by atoms with Gasteiger partial charge >= 0.3 is 11.9 Å². The maximum absolute atomic E-state index is 9.55. The summed E-state index contributed by atoms with van der Waals surface area (Å²) < 4.78 is 6.32. The van der Waals surface area contributed by atoms with E-state index in [2.05, 4.69) is 78.2 Å². The molecule has 172 valence electrons. The molecule has 0 saturated carbocycles. The van der Waals surface area contributed by atoms with Crippen LogP contribution in [0.1, 0.15) is 26.7 Å². The molecule has 7 heteroatoms. The van der Waals surface area contributed by atoms with Gasteiger partial charge in [0.1, 0.15) is 11.9 Å². The van der Waals surface area contributed by atoms with Crippen LogP contribution in [0.15, 0.2) is 66.7 Å². The van der Waals surface area contributed by atoms with Crippen LogP contribution >= 0.6 is 0 Å². The van der Waals surface area contributed by atoms with Crippen molar-refractivity contribution in [3.8, 4) is 5.75 Å². The molecule has 0 saturated heterocycles. The Balaban J connectivity index is 0.000000390. The second kappa shape index (κ2) is 13.2. The Hall–Kier alpha value is -3.32. The minimum atomic E-state index is -1.26. The van der Waals surface area contributed by atoms with E-state index in [1.54, 1.807) is 0 Å². The standard InChI is InChI=1S/C21H28N2O.C4H4O4/c1-3-14-22(15-4-2)16-19-17-23(18-10-6-5-7-11-18)20-12-8-9-13-21(20)24-19;5-3(6)1-2-4(7)8/h5-13,19H,3-4,14-17H2,1-2H3;1-2H,(H,5,6)(H,7,8). The van der Waals surface area contributed by atoms with Crippen molar-refractivity contribution in [3.05, 3.63) is 66.7 Å². The molecule has 2 aromatic rings. The molecule has 1 atom stereocenters. The highest BCUT2D eigenvalue weighted by molar-refractivity contribution is 5.89. The summed E-state index contributed by atoms with van der Waals surface area (Å²) in [4.78, 5) is 24.0. The number of hydrogen-bond acceptors (Lipinski definition) is 5. The molecule has 2 N–H and O–H groups in total. The fraction of sp³-hybridized carbons (Fsp3) is 0.360. The summed E-state index contributed by atoms with van der Waals surface area (Å²) >= 11 is 0. The Kier molecular flexibility index (Phi) is 10.3. The highest BCUT2D eigenvalue weighted by Crippen LogP contribution is 2.37. The van der Waals surface area contributed by atoms with Gasteiger partial charge in [-0.05, 0) is 50.2 Å². The molecule has 0 amide bonds. The fourth-order valence-corrected chi connectivity index (χ4v) is 3.60. The molecule has 7 nitrogen and oxygen atoms in total. The molecule has 1 aliphatic heterocycles. The SMILES string of the molecule is CCCN(CCC)CC1CN(c2ccccc2)c2ccccc2O1.O=C(O)C=CC(=O)O. The first-order chi connectivity index (χ1) is 15.4. The Bertz CT molecular complexity index is 863. The lowest BCUT2D eigenvalue weighted by Crippen LogP contribution is -2.45. The van der Waals surface area contributed by atoms with Crippen LogP contribution in [0.2, 0.25) is 0 Å². The molecule has 0 fully saturated rings. The van der Waals surface area contributed by atoms with Gasteiger partial charge in [-0.25, -0.2) is 9.59 Å². The van der Waals surface area contributed by atoms with Gasteiger partial charge < -0.3 is 19.8 Å². The van der Waals surface area contributed by atoms with E-state index in [4.69, 9.17) is 14.9 Å². The summed E-state index contributed by atoms with van der Waals surface area (Å²) in [5, 5.41) is 15.6. The quantitative estimate of drug-likeness (QED) is 0.558. The number of nitrogens with zero attached hydrogens (tertiary/aromatic N) is 2. The summed E-state index contributed by atoms with van der Waals surface area (Å²) in [7, 11) is 0. The van der Waals surface area contributed by atoms with Crippen LogP contribution in [-0.2, 0) is 9.59 Å². The molecule has 32 heavy (non-hydrogen) atoms. The monoisotopic (exact) mass is 440 g/mol. The van der Waals surface area contributed by atoms with Crippen LogP contribution in [0.3, 0.4) is 0 Å².